The molecule has 2 aromatic rings. The van der Waals surface area contributed by atoms with Crippen LogP contribution in [0.3, 0.4) is 0 Å². The lowest BCUT2D eigenvalue weighted by Gasteiger charge is -2.21. The molecule has 172 valence electrons. The fourth-order valence-electron chi connectivity index (χ4n) is 3.36. The zero-order valence-corrected chi connectivity index (χ0v) is 19.7. The lowest BCUT2D eigenvalue weighted by molar-refractivity contribution is 0.257. The van der Waals surface area contributed by atoms with Crippen LogP contribution >= 0.6 is 0 Å². The van der Waals surface area contributed by atoms with E-state index in [1.165, 1.54) is 0 Å². The minimum atomic E-state index is 0.519. The molecule has 0 amide bonds. The molecule has 0 radical (unpaired) electrons. The van der Waals surface area contributed by atoms with Crippen molar-refractivity contribution in [2.45, 2.75) is 48.0 Å². The lowest BCUT2D eigenvalue weighted by Crippen LogP contribution is -2.07. The van der Waals surface area contributed by atoms with Gasteiger partial charge in [-0.2, -0.15) is 0 Å². The topological polar surface area (TPSA) is 55.4 Å². The van der Waals surface area contributed by atoms with E-state index < -0.39 is 0 Å². The predicted octanol–water partition coefficient (Wildman–Crippen LogP) is 5.67. The second-order valence-corrected chi connectivity index (χ2v) is 6.54. The maximum absolute atomic E-state index is 6.02. The van der Waals surface area contributed by atoms with Gasteiger partial charge in [-0.3, -0.25) is 0 Å². The molecule has 0 aromatic heterocycles. The number of rotatable bonds is 14. The average molecular weight is 433 g/mol. The molecule has 0 atom stereocenters. The highest BCUT2D eigenvalue weighted by Crippen LogP contribution is 2.45. The molecule has 0 N–H and O–H groups in total. The van der Waals surface area contributed by atoms with Gasteiger partial charge < -0.3 is 28.4 Å². The van der Waals surface area contributed by atoms with Crippen molar-refractivity contribution in [1.82, 2.24) is 0 Å². The van der Waals surface area contributed by atoms with Gasteiger partial charge in [0.25, 0.3) is 0 Å². The summed E-state index contributed by atoms with van der Waals surface area (Å²) in [5.74, 6) is 4.04. The van der Waals surface area contributed by atoms with Gasteiger partial charge in [0, 0.05) is 17.5 Å². The third kappa shape index (κ3) is 6.12. The van der Waals surface area contributed by atoms with E-state index in [1.54, 1.807) is 0 Å². The lowest BCUT2D eigenvalue weighted by atomic mass is 10.0. The summed E-state index contributed by atoms with van der Waals surface area (Å²) >= 11 is 0. The zero-order valence-electron chi connectivity index (χ0n) is 19.7. The van der Waals surface area contributed by atoms with Crippen LogP contribution < -0.4 is 28.4 Å². The minimum Gasteiger partial charge on any atom is -0.490 e. The van der Waals surface area contributed by atoms with Crippen molar-refractivity contribution in [3.05, 3.63) is 35.4 Å². The van der Waals surface area contributed by atoms with Crippen molar-refractivity contribution in [3.63, 3.8) is 0 Å². The third-order valence-corrected chi connectivity index (χ3v) is 4.45. The van der Waals surface area contributed by atoms with Crippen LogP contribution in [0, 0.1) is 0 Å². The first kappa shape index (κ1) is 24.5. The van der Waals surface area contributed by atoms with Crippen LogP contribution in [0.4, 0.5) is 0 Å². The highest BCUT2D eigenvalue weighted by Gasteiger charge is 2.22. The van der Waals surface area contributed by atoms with Gasteiger partial charge in [0.1, 0.15) is 0 Å². The average Bonchev–Trinajstić information content (AvgIpc) is 2.76. The van der Waals surface area contributed by atoms with Crippen LogP contribution in [-0.4, -0.2) is 39.6 Å². The number of hydrogen-bond donors (Lipinski definition) is 0. The van der Waals surface area contributed by atoms with Crippen molar-refractivity contribution >= 4 is 0 Å². The molecule has 0 bridgehead atoms. The molecular weight excluding hydrogens is 396 g/mol. The van der Waals surface area contributed by atoms with Crippen LogP contribution in [0.5, 0.6) is 34.5 Å². The predicted molar refractivity (Wildman–Crippen MR) is 123 cm³/mol. The molecule has 0 saturated heterocycles. The van der Waals surface area contributed by atoms with E-state index in [-0.39, 0.29) is 0 Å². The largest absolute Gasteiger partial charge is 0.490 e. The monoisotopic (exact) mass is 432 g/mol. The Bertz CT molecular complexity index is 751. The maximum atomic E-state index is 6.02. The highest BCUT2D eigenvalue weighted by atomic mass is 16.5. The van der Waals surface area contributed by atoms with Crippen LogP contribution in [0.2, 0.25) is 0 Å². The summed E-state index contributed by atoms with van der Waals surface area (Å²) in [4.78, 5) is 0. The first-order valence-corrected chi connectivity index (χ1v) is 11.2. The van der Waals surface area contributed by atoms with Crippen molar-refractivity contribution in [1.29, 1.82) is 0 Å². The second-order valence-electron chi connectivity index (χ2n) is 6.54. The Labute approximate surface area is 186 Å². The molecule has 6 heteroatoms. The molecule has 0 fully saturated rings. The van der Waals surface area contributed by atoms with E-state index in [4.69, 9.17) is 28.4 Å². The van der Waals surface area contributed by atoms with Crippen molar-refractivity contribution < 1.29 is 28.4 Å². The van der Waals surface area contributed by atoms with Crippen molar-refractivity contribution in [3.8, 4) is 34.5 Å². The number of benzene rings is 2. The van der Waals surface area contributed by atoms with E-state index in [1.807, 2.05) is 65.8 Å². The van der Waals surface area contributed by atoms with E-state index in [9.17, 15) is 0 Å². The van der Waals surface area contributed by atoms with Gasteiger partial charge in [-0.05, 0) is 53.7 Å². The molecule has 2 aromatic carbocycles. The van der Waals surface area contributed by atoms with Gasteiger partial charge in [0.2, 0.25) is 11.5 Å². The van der Waals surface area contributed by atoms with Gasteiger partial charge in [0.05, 0.1) is 39.6 Å². The third-order valence-electron chi connectivity index (χ3n) is 4.45. The first-order chi connectivity index (χ1) is 15.1. The number of ether oxygens (including phenoxy) is 6. The Morgan fingerprint density at radius 2 is 0.742 bits per heavy atom. The van der Waals surface area contributed by atoms with E-state index >= 15 is 0 Å². The molecule has 6 nitrogen and oxygen atoms in total. The fraction of sp³-hybridized carbons (Fsp3) is 0.520. The van der Waals surface area contributed by atoms with Crippen LogP contribution in [0.15, 0.2) is 24.3 Å². The van der Waals surface area contributed by atoms with Gasteiger partial charge in [0.15, 0.2) is 23.0 Å². The Morgan fingerprint density at radius 1 is 0.419 bits per heavy atom. The summed E-state index contributed by atoms with van der Waals surface area (Å²) < 4.78 is 35.4. The summed E-state index contributed by atoms with van der Waals surface area (Å²) in [5, 5.41) is 0. The van der Waals surface area contributed by atoms with E-state index in [2.05, 4.69) is 0 Å². The number of hydrogen-bond acceptors (Lipinski definition) is 6. The van der Waals surface area contributed by atoms with Crippen molar-refractivity contribution in [2.75, 3.05) is 39.6 Å². The Morgan fingerprint density at radius 3 is 1.06 bits per heavy atom. The molecule has 0 aliphatic rings. The second kappa shape index (κ2) is 12.8. The first-order valence-electron chi connectivity index (χ1n) is 11.2. The quantitative estimate of drug-likeness (QED) is 0.383. The molecule has 0 heterocycles. The van der Waals surface area contributed by atoms with Crippen LogP contribution in [0.1, 0.15) is 52.7 Å². The molecule has 0 aliphatic heterocycles. The summed E-state index contributed by atoms with van der Waals surface area (Å²) in [6.45, 7) is 14.9. The van der Waals surface area contributed by atoms with Crippen LogP contribution in [-0.2, 0) is 6.42 Å². The summed E-state index contributed by atoms with van der Waals surface area (Å²) in [6.07, 6.45) is 0.587. The van der Waals surface area contributed by atoms with Gasteiger partial charge in [-0.1, -0.05) is 12.1 Å². The summed E-state index contributed by atoms with van der Waals surface area (Å²) in [6, 6.07) is 7.91. The molecule has 0 spiro atoms. The van der Waals surface area contributed by atoms with Gasteiger partial charge >= 0.3 is 0 Å². The van der Waals surface area contributed by atoms with Gasteiger partial charge in [-0.15, -0.1) is 0 Å². The fourth-order valence-corrected chi connectivity index (χ4v) is 3.36. The SMILES string of the molecule is CCOc1ccc(Cc2ccc(OCC)c(OCC)c2OCC)c(OCC)c1OCC. The summed E-state index contributed by atoms with van der Waals surface area (Å²) in [5.41, 5.74) is 1.97. The zero-order chi connectivity index (χ0) is 22.6. The molecule has 0 aliphatic carbocycles. The van der Waals surface area contributed by atoms with E-state index in [0.29, 0.717) is 80.6 Å². The van der Waals surface area contributed by atoms with Gasteiger partial charge in [-0.25, -0.2) is 0 Å². The normalized spacial score (nSPS) is 10.5. The van der Waals surface area contributed by atoms with Crippen molar-refractivity contribution in [2.24, 2.45) is 0 Å². The smallest absolute Gasteiger partial charge is 0.203 e. The molecular formula is C25H36O6. The van der Waals surface area contributed by atoms with Crippen LogP contribution in [0.25, 0.3) is 0 Å². The maximum Gasteiger partial charge on any atom is 0.203 e. The molecule has 0 saturated carbocycles. The summed E-state index contributed by atoms with van der Waals surface area (Å²) in [7, 11) is 0. The Kier molecular flexibility index (Phi) is 10.1. The molecule has 31 heavy (non-hydrogen) atoms. The molecule has 0 unspecified atom stereocenters. The van der Waals surface area contributed by atoms with E-state index in [0.717, 1.165) is 11.1 Å². The minimum absolute atomic E-state index is 0.519. The standard InChI is InChI=1S/C25H36O6/c1-7-26-20-15-13-18(22(28-9-3)24(20)30-11-5)17-19-14-16-21(27-8-2)25(31-12-6)23(19)29-10-4/h13-16H,7-12,17H2,1-6H3. The Balaban J connectivity index is 2.58. The molecule has 2 rings (SSSR count). The highest BCUT2D eigenvalue weighted by molar-refractivity contribution is 5.60. The Hall–Kier alpha value is -2.76.